The van der Waals surface area contributed by atoms with Gasteiger partial charge in [0.05, 0.1) is 0 Å². The predicted octanol–water partition coefficient (Wildman–Crippen LogP) is 3.95. The average molecular weight is 353 g/mol. The van der Waals surface area contributed by atoms with Gasteiger partial charge in [0.25, 0.3) is 0 Å². The fourth-order valence-electron chi connectivity index (χ4n) is 1.68. The zero-order valence-electron chi connectivity index (χ0n) is 10.6. The third kappa shape index (κ3) is 3.49. The van der Waals surface area contributed by atoms with Gasteiger partial charge in [-0.25, -0.2) is 0 Å². The lowest BCUT2D eigenvalue weighted by Gasteiger charge is -2.10. The van der Waals surface area contributed by atoms with E-state index in [1.54, 1.807) is 30.3 Å². The molecule has 0 N–H and O–H groups in total. The molecular weight excluding hydrogens is 340 g/mol. The Bertz CT molecular complexity index is 706. The van der Waals surface area contributed by atoms with Gasteiger partial charge < -0.3 is 4.18 Å². The van der Waals surface area contributed by atoms with Crippen LogP contribution in [0.15, 0.2) is 70.6 Å². The first-order valence-electron chi connectivity index (χ1n) is 5.92. The third-order valence-electron chi connectivity index (χ3n) is 2.64. The van der Waals surface area contributed by atoms with Gasteiger partial charge in [-0.15, -0.1) is 6.58 Å². The molecule has 0 saturated heterocycles. The SMILES string of the molecule is C=CCc1ccccc1OS(=O)(=O)c1ccc(Br)cc1. The highest BCUT2D eigenvalue weighted by Crippen LogP contribution is 2.24. The monoisotopic (exact) mass is 352 g/mol. The van der Waals surface area contributed by atoms with Crippen molar-refractivity contribution in [1.29, 1.82) is 0 Å². The molecule has 2 aromatic rings. The molecule has 0 aromatic heterocycles. The highest BCUT2D eigenvalue weighted by molar-refractivity contribution is 9.10. The smallest absolute Gasteiger partial charge is 0.339 e. The Morgan fingerprint density at radius 2 is 1.75 bits per heavy atom. The Kier molecular flexibility index (Phi) is 4.62. The molecule has 0 heterocycles. The Morgan fingerprint density at radius 3 is 2.40 bits per heavy atom. The standard InChI is InChI=1S/C15H13BrO3S/c1-2-5-12-6-3-4-7-15(12)19-20(17,18)14-10-8-13(16)9-11-14/h2-4,6-11H,1,5H2. The highest BCUT2D eigenvalue weighted by atomic mass is 79.9. The van der Waals surface area contributed by atoms with Crippen molar-refractivity contribution in [3.05, 3.63) is 71.2 Å². The summed E-state index contributed by atoms with van der Waals surface area (Å²) in [6.07, 6.45) is 2.25. The van der Waals surface area contributed by atoms with E-state index in [-0.39, 0.29) is 4.90 Å². The van der Waals surface area contributed by atoms with Crippen LogP contribution in [-0.2, 0) is 16.5 Å². The van der Waals surface area contributed by atoms with Gasteiger partial charge in [-0.3, -0.25) is 0 Å². The second-order valence-corrected chi connectivity index (χ2v) is 6.55. The molecule has 5 heteroatoms. The molecule has 0 atom stereocenters. The molecule has 2 rings (SSSR count). The Labute approximate surface area is 127 Å². The fourth-order valence-corrected chi connectivity index (χ4v) is 2.91. The van der Waals surface area contributed by atoms with Crippen molar-refractivity contribution < 1.29 is 12.6 Å². The van der Waals surface area contributed by atoms with Gasteiger partial charge in [0.1, 0.15) is 10.6 Å². The Morgan fingerprint density at radius 1 is 1.10 bits per heavy atom. The van der Waals surface area contributed by atoms with Crippen molar-refractivity contribution in [2.24, 2.45) is 0 Å². The minimum Gasteiger partial charge on any atom is -0.379 e. The van der Waals surface area contributed by atoms with Crippen LogP contribution in [0.2, 0.25) is 0 Å². The van der Waals surface area contributed by atoms with E-state index >= 15 is 0 Å². The van der Waals surface area contributed by atoms with E-state index in [2.05, 4.69) is 22.5 Å². The van der Waals surface area contributed by atoms with Gasteiger partial charge in [0, 0.05) is 4.47 Å². The summed E-state index contributed by atoms with van der Waals surface area (Å²) in [6, 6.07) is 13.3. The second kappa shape index (κ2) is 6.24. The molecule has 2 aromatic carbocycles. The molecule has 0 fully saturated rings. The molecule has 0 aliphatic rings. The summed E-state index contributed by atoms with van der Waals surface area (Å²) >= 11 is 3.26. The number of rotatable bonds is 5. The number of hydrogen-bond donors (Lipinski definition) is 0. The van der Waals surface area contributed by atoms with Crippen LogP contribution in [-0.4, -0.2) is 8.42 Å². The normalized spacial score (nSPS) is 11.1. The van der Waals surface area contributed by atoms with Crippen LogP contribution in [0, 0.1) is 0 Å². The first kappa shape index (κ1) is 14.8. The molecule has 0 aliphatic carbocycles. The molecule has 3 nitrogen and oxygen atoms in total. The first-order valence-corrected chi connectivity index (χ1v) is 8.12. The minimum atomic E-state index is -3.83. The summed E-state index contributed by atoms with van der Waals surface area (Å²) in [5, 5.41) is 0. The largest absolute Gasteiger partial charge is 0.379 e. The number of benzene rings is 2. The third-order valence-corrected chi connectivity index (χ3v) is 4.42. The molecule has 0 bridgehead atoms. The predicted molar refractivity (Wildman–Crippen MR) is 82.3 cm³/mol. The summed E-state index contributed by atoms with van der Waals surface area (Å²) in [4.78, 5) is 0.120. The molecule has 0 radical (unpaired) electrons. The van der Waals surface area contributed by atoms with E-state index in [1.165, 1.54) is 12.1 Å². The summed E-state index contributed by atoms with van der Waals surface area (Å²) in [7, 11) is -3.83. The van der Waals surface area contributed by atoms with Crippen LogP contribution < -0.4 is 4.18 Å². The maximum atomic E-state index is 12.2. The van der Waals surface area contributed by atoms with Crippen LogP contribution in [0.5, 0.6) is 5.75 Å². The quantitative estimate of drug-likeness (QED) is 0.604. The van der Waals surface area contributed by atoms with Crippen LogP contribution in [0.4, 0.5) is 0 Å². The lowest BCUT2D eigenvalue weighted by molar-refractivity contribution is 0.483. The van der Waals surface area contributed by atoms with Crippen LogP contribution >= 0.6 is 15.9 Å². The van der Waals surface area contributed by atoms with Gasteiger partial charge in [-0.05, 0) is 42.3 Å². The molecule has 0 unspecified atom stereocenters. The Balaban J connectivity index is 2.33. The van der Waals surface area contributed by atoms with E-state index in [0.29, 0.717) is 12.2 Å². The van der Waals surface area contributed by atoms with Crippen molar-refractivity contribution in [2.45, 2.75) is 11.3 Å². The zero-order chi connectivity index (χ0) is 14.6. The van der Waals surface area contributed by atoms with Gasteiger partial charge >= 0.3 is 10.1 Å². The minimum absolute atomic E-state index is 0.120. The summed E-state index contributed by atoms with van der Waals surface area (Å²) in [5.41, 5.74) is 0.781. The van der Waals surface area contributed by atoms with E-state index < -0.39 is 10.1 Å². The summed E-state index contributed by atoms with van der Waals surface area (Å²) in [5.74, 6) is 0.329. The molecule has 0 spiro atoms. The lowest BCUT2D eigenvalue weighted by atomic mass is 10.1. The van der Waals surface area contributed by atoms with Crippen LogP contribution in [0.1, 0.15) is 5.56 Å². The molecule has 0 aliphatic heterocycles. The van der Waals surface area contributed by atoms with Gasteiger partial charge in [-0.1, -0.05) is 40.2 Å². The molecule has 0 saturated carbocycles. The maximum Gasteiger partial charge on any atom is 0.339 e. The molecule has 104 valence electrons. The van der Waals surface area contributed by atoms with Crippen LogP contribution in [0.3, 0.4) is 0 Å². The zero-order valence-corrected chi connectivity index (χ0v) is 13.0. The summed E-state index contributed by atoms with van der Waals surface area (Å²) in [6.45, 7) is 3.65. The number of halogens is 1. The number of allylic oxidation sites excluding steroid dienone is 1. The fraction of sp³-hybridized carbons (Fsp3) is 0.0667. The van der Waals surface area contributed by atoms with Gasteiger partial charge in [-0.2, -0.15) is 8.42 Å². The summed E-state index contributed by atoms with van der Waals surface area (Å²) < 4.78 is 30.4. The topological polar surface area (TPSA) is 43.4 Å². The second-order valence-electron chi connectivity index (χ2n) is 4.09. The number of hydrogen-bond acceptors (Lipinski definition) is 3. The highest BCUT2D eigenvalue weighted by Gasteiger charge is 2.17. The van der Waals surface area contributed by atoms with E-state index in [9.17, 15) is 8.42 Å². The van der Waals surface area contributed by atoms with Crippen molar-refractivity contribution in [1.82, 2.24) is 0 Å². The molecular formula is C15H13BrO3S. The van der Waals surface area contributed by atoms with Crippen molar-refractivity contribution in [3.63, 3.8) is 0 Å². The van der Waals surface area contributed by atoms with Gasteiger partial charge in [0.15, 0.2) is 0 Å². The van der Waals surface area contributed by atoms with Crippen LogP contribution in [0.25, 0.3) is 0 Å². The van der Waals surface area contributed by atoms with E-state index in [0.717, 1.165) is 10.0 Å². The Hall–Kier alpha value is -1.59. The first-order chi connectivity index (χ1) is 9.53. The van der Waals surface area contributed by atoms with Crippen molar-refractivity contribution in [2.75, 3.05) is 0 Å². The van der Waals surface area contributed by atoms with Crippen molar-refractivity contribution >= 4 is 26.0 Å². The molecule has 0 amide bonds. The molecule has 20 heavy (non-hydrogen) atoms. The lowest BCUT2D eigenvalue weighted by Crippen LogP contribution is -2.10. The van der Waals surface area contributed by atoms with Crippen molar-refractivity contribution in [3.8, 4) is 5.75 Å². The maximum absolute atomic E-state index is 12.2. The van der Waals surface area contributed by atoms with E-state index in [4.69, 9.17) is 4.18 Å². The van der Waals surface area contributed by atoms with Gasteiger partial charge in [0.2, 0.25) is 0 Å². The average Bonchev–Trinajstić information content (AvgIpc) is 2.41. The number of para-hydroxylation sites is 1. The van der Waals surface area contributed by atoms with E-state index in [1.807, 2.05) is 12.1 Å².